The van der Waals surface area contributed by atoms with Crippen molar-refractivity contribution in [3.8, 4) is 0 Å². The number of fused-ring (bicyclic) bond motifs is 1. The van der Waals surface area contributed by atoms with Gasteiger partial charge in [0.2, 0.25) is 0 Å². The minimum absolute atomic E-state index is 0.0949. The van der Waals surface area contributed by atoms with E-state index < -0.39 is 23.4 Å². The molecule has 0 N–H and O–H groups in total. The van der Waals surface area contributed by atoms with Crippen molar-refractivity contribution in [2.75, 3.05) is 0 Å². The Morgan fingerprint density at radius 3 is 2.24 bits per heavy atom. The van der Waals surface area contributed by atoms with E-state index >= 15 is 0 Å². The van der Waals surface area contributed by atoms with Gasteiger partial charge in [-0.2, -0.15) is 13.2 Å². The van der Waals surface area contributed by atoms with Gasteiger partial charge in [-0.05, 0) is 79.5 Å². The van der Waals surface area contributed by atoms with E-state index in [9.17, 15) is 22.0 Å². The highest BCUT2D eigenvalue weighted by molar-refractivity contribution is 5.52. The first-order chi connectivity index (χ1) is 13.8. The third-order valence-electron chi connectivity index (χ3n) is 6.95. The number of allylic oxidation sites excluding steroid dienone is 1. The maximum Gasteiger partial charge on any atom is 0.409 e. The Balaban J connectivity index is 1.63. The van der Waals surface area contributed by atoms with Crippen LogP contribution in [0.15, 0.2) is 18.2 Å². The summed E-state index contributed by atoms with van der Waals surface area (Å²) in [5, 5.41) is 0. The average molecular weight is 415 g/mol. The second kappa shape index (κ2) is 9.61. The van der Waals surface area contributed by atoms with Gasteiger partial charge in [0.15, 0.2) is 0 Å². The molecule has 0 amide bonds. The van der Waals surface area contributed by atoms with Gasteiger partial charge in [-0.25, -0.2) is 8.78 Å². The van der Waals surface area contributed by atoms with Crippen molar-refractivity contribution < 1.29 is 22.0 Å². The van der Waals surface area contributed by atoms with E-state index in [0.717, 1.165) is 31.1 Å². The van der Waals surface area contributed by atoms with Gasteiger partial charge in [-0.1, -0.05) is 39.0 Å². The van der Waals surface area contributed by atoms with E-state index in [0.29, 0.717) is 17.6 Å². The summed E-state index contributed by atoms with van der Waals surface area (Å²) >= 11 is 0. The molecule has 0 bridgehead atoms. The third kappa shape index (κ3) is 6.05. The number of hydrogen-bond donors (Lipinski definition) is 0. The highest BCUT2D eigenvalue weighted by Gasteiger charge is 2.36. The van der Waals surface area contributed by atoms with Crippen molar-refractivity contribution in [1.29, 1.82) is 0 Å². The molecule has 29 heavy (non-hydrogen) atoms. The topological polar surface area (TPSA) is 0 Å². The first-order valence-corrected chi connectivity index (χ1v) is 11.0. The van der Waals surface area contributed by atoms with Crippen LogP contribution in [0.25, 0.3) is 6.08 Å². The number of alkyl halides is 3. The zero-order valence-electron chi connectivity index (χ0n) is 17.1. The highest BCUT2D eigenvalue weighted by atomic mass is 19.4. The minimum atomic E-state index is -4.59. The van der Waals surface area contributed by atoms with E-state index in [4.69, 9.17) is 0 Å². The molecule has 0 saturated heterocycles. The lowest BCUT2D eigenvalue weighted by atomic mass is 9.63. The molecule has 2 saturated carbocycles. The fourth-order valence-corrected chi connectivity index (χ4v) is 5.41. The summed E-state index contributed by atoms with van der Waals surface area (Å²) in [5.74, 6) is 0.415. The van der Waals surface area contributed by atoms with Gasteiger partial charge in [0, 0.05) is 11.6 Å². The van der Waals surface area contributed by atoms with Crippen LogP contribution >= 0.6 is 0 Å². The van der Waals surface area contributed by atoms with Crippen molar-refractivity contribution in [3.05, 3.63) is 41.0 Å². The summed E-state index contributed by atoms with van der Waals surface area (Å²) < 4.78 is 65.6. The lowest BCUT2D eigenvalue weighted by molar-refractivity contribution is -0.0790. The summed E-state index contributed by atoms with van der Waals surface area (Å²) in [6, 6.07) is 2.47. The molecule has 1 aromatic rings. The molecular formula is C24H31F5. The van der Waals surface area contributed by atoms with Crippen molar-refractivity contribution in [3.63, 3.8) is 0 Å². The Morgan fingerprint density at radius 1 is 0.931 bits per heavy atom. The normalized spacial score (nSPS) is 27.9. The van der Waals surface area contributed by atoms with Crippen molar-refractivity contribution >= 4 is 6.08 Å². The summed E-state index contributed by atoms with van der Waals surface area (Å²) in [4.78, 5) is 0. The zero-order valence-corrected chi connectivity index (χ0v) is 17.1. The standard InChI is InChI=1S/C24H31F5/c1-2-3-4-5-16-6-7-18-13-19(9-8-17(18)12-16)20-14-22(25)21(23(26)15-20)10-11-24(27,28)29/h10-11,14-19H,2-9,12-13H2,1H3/b11-10+. The molecule has 1 aromatic carbocycles. The highest BCUT2D eigenvalue weighted by Crippen LogP contribution is 2.48. The smallest absolute Gasteiger partial charge is 0.206 e. The van der Waals surface area contributed by atoms with Crippen LogP contribution in [0.3, 0.4) is 0 Å². The van der Waals surface area contributed by atoms with Crippen molar-refractivity contribution in [1.82, 2.24) is 0 Å². The average Bonchev–Trinajstić information content (AvgIpc) is 2.66. The molecule has 4 atom stereocenters. The van der Waals surface area contributed by atoms with Crippen LogP contribution in [0.5, 0.6) is 0 Å². The molecule has 4 unspecified atom stereocenters. The molecule has 162 valence electrons. The monoisotopic (exact) mass is 414 g/mol. The van der Waals surface area contributed by atoms with E-state index in [1.165, 1.54) is 57.1 Å². The lowest BCUT2D eigenvalue weighted by Crippen LogP contribution is -2.30. The molecule has 2 fully saturated rings. The molecular weight excluding hydrogens is 383 g/mol. The summed E-state index contributed by atoms with van der Waals surface area (Å²) in [7, 11) is 0. The SMILES string of the molecule is CCCCCC1CCC2CC(c3cc(F)c(/C=C/C(F)(F)F)c(F)c3)CCC2C1. The molecule has 0 aromatic heterocycles. The number of hydrogen-bond acceptors (Lipinski definition) is 0. The van der Waals surface area contributed by atoms with Crippen LogP contribution in [0.1, 0.15) is 88.2 Å². The summed E-state index contributed by atoms with van der Waals surface area (Å²) in [5.41, 5.74) is -0.0278. The number of benzene rings is 1. The molecule has 0 nitrogen and oxygen atoms in total. The maximum atomic E-state index is 14.3. The van der Waals surface area contributed by atoms with Gasteiger partial charge in [0.05, 0.1) is 0 Å². The van der Waals surface area contributed by atoms with Gasteiger partial charge in [0.25, 0.3) is 0 Å². The molecule has 2 aliphatic carbocycles. The molecule has 5 heteroatoms. The zero-order chi connectivity index (χ0) is 21.0. The Kier molecular flexibility index (Phi) is 7.39. The van der Waals surface area contributed by atoms with Gasteiger partial charge in [-0.15, -0.1) is 0 Å². The molecule has 0 radical (unpaired) electrons. The van der Waals surface area contributed by atoms with Gasteiger partial charge in [0.1, 0.15) is 11.6 Å². The van der Waals surface area contributed by atoms with Gasteiger partial charge in [-0.3, -0.25) is 0 Å². The number of rotatable bonds is 6. The first kappa shape index (κ1) is 22.3. The quantitative estimate of drug-likeness (QED) is 0.324. The maximum absolute atomic E-state index is 14.3. The van der Waals surface area contributed by atoms with Crippen LogP contribution < -0.4 is 0 Å². The third-order valence-corrected chi connectivity index (χ3v) is 6.95. The first-order valence-electron chi connectivity index (χ1n) is 11.0. The fraction of sp³-hybridized carbons (Fsp3) is 0.667. The summed E-state index contributed by atoms with van der Waals surface area (Å²) in [6.07, 6.45) is 7.59. The Morgan fingerprint density at radius 2 is 1.59 bits per heavy atom. The Hall–Kier alpha value is -1.39. The van der Waals surface area contributed by atoms with Gasteiger partial charge >= 0.3 is 6.18 Å². The molecule has 2 aliphatic rings. The van der Waals surface area contributed by atoms with Crippen LogP contribution in [-0.4, -0.2) is 6.18 Å². The van der Waals surface area contributed by atoms with E-state index in [2.05, 4.69) is 6.92 Å². The van der Waals surface area contributed by atoms with Crippen molar-refractivity contribution in [2.24, 2.45) is 17.8 Å². The Bertz CT molecular complexity index is 683. The molecule has 0 heterocycles. The number of unbranched alkanes of at least 4 members (excludes halogenated alkanes) is 2. The minimum Gasteiger partial charge on any atom is -0.206 e. The fourth-order valence-electron chi connectivity index (χ4n) is 5.41. The second-order valence-corrected chi connectivity index (χ2v) is 8.98. The van der Waals surface area contributed by atoms with Crippen LogP contribution in [0.4, 0.5) is 22.0 Å². The largest absolute Gasteiger partial charge is 0.409 e. The lowest BCUT2D eigenvalue weighted by Gasteiger charge is -2.42. The van der Waals surface area contributed by atoms with Gasteiger partial charge < -0.3 is 0 Å². The van der Waals surface area contributed by atoms with E-state index in [1.54, 1.807) is 0 Å². The van der Waals surface area contributed by atoms with E-state index in [-0.39, 0.29) is 12.0 Å². The predicted octanol–water partition coefficient (Wildman–Crippen LogP) is 8.42. The molecule has 0 aliphatic heterocycles. The van der Waals surface area contributed by atoms with E-state index in [1.807, 2.05) is 0 Å². The van der Waals surface area contributed by atoms with Crippen LogP contribution in [-0.2, 0) is 0 Å². The van der Waals surface area contributed by atoms with Crippen molar-refractivity contribution in [2.45, 2.75) is 83.2 Å². The molecule has 0 spiro atoms. The number of halogens is 5. The predicted molar refractivity (Wildman–Crippen MR) is 107 cm³/mol. The van der Waals surface area contributed by atoms with Crippen LogP contribution in [0.2, 0.25) is 0 Å². The Labute approximate surface area is 170 Å². The van der Waals surface area contributed by atoms with Crippen LogP contribution in [0, 0.1) is 29.4 Å². The second-order valence-electron chi connectivity index (χ2n) is 8.98. The summed E-state index contributed by atoms with van der Waals surface area (Å²) in [6.45, 7) is 2.23. The molecule has 3 rings (SSSR count).